The minimum absolute atomic E-state index is 0.217. The molecule has 0 amide bonds. The molecule has 1 fully saturated rings. The zero-order valence-electron chi connectivity index (χ0n) is 8.92. The molecule has 0 unspecified atom stereocenters. The Bertz CT molecular complexity index is 217. The molecule has 1 aliphatic heterocycles. The van der Waals surface area contributed by atoms with Crippen LogP contribution in [0.15, 0.2) is 23.8 Å². The smallest absolute Gasteiger partial charge is 0.0558 e. The molecule has 1 aliphatic rings. The van der Waals surface area contributed by atoms with E-state index in [1.165, 1.54) is 11.1 Å². The average molecular weight is 196 g/mol. The van der Waals surface area contributed by atoms with Gasteiger partial charge in [-0.15, -0.1) is 6.58 Å². The largest absolute Gasteiger partial charge is 0.395 e. The quantitative estimate of drug-likeness (QED) is 0.603. The van der Waals surface area contributed by atoms with Gasteiger partial charge < -0.3 is 10.4 Å². The molecule has 0 bridgehead atoms. The Kier molecular flexibility index (Phi) is 4.87. The van der Waals surface area contributed by atoms with Crippen LogP contribution in [0, 0.1) is 0 Å². The van der Waals surface area contributed by atoms with Gasteiger partial charge in [-0.25, -0.2) is 0 Å². The first-order chi connectivity index (χ1) is 6.77. The Morgan fingerprint density at radius 3 is 2.79 bits per heavy atom. The molecular formula is C11H20N2O. The maximum atomic E-state index is 8.88. The minimum atomic E-state index is 0.217. The molecule has 80 valence electrons. The minimum Gasteiger partial charge on any atom is -0.395 e. The van der Waals surface area contributed by atoms with Crippen molar-refractivity contribution < 1.29 is 5.11 Å². The number of aliphatic hydroxyl groups excluding tert-OH is 1. The molecule has 0 aliphatic carbocycles. The first kappa shape index (κ1) is 11.4. The first-order valence-corrected chi connectivity index (χ1v) is 5.10. The van der Waals surface area contributed by atoms with Crippen molar-refractivity contribution in [2.24, 2.45) is 0 Å². The van der Waals surface area contributed by atoms with Crippen LogP contribution in [0.5, 0.6) is 0 Å². The van der Waals surface area contributed by atoms with Crippen LogP contribution in [-0.4, -0.2) is 49.3 Å². The highest BCUT2D eigenvalue weighted by atomic mass is 16.3. The SMILES string of the molecule is C=CCN(CCO)CC(C)=C1CNC1. The molecule has 2 N–H and O–H groups in total. The van der Waals surface area contributed by atoms with E-state index < -0.39 is 0 Å². The van der Waals surface area contributed by atoms with Gasteiger partial charge in [-0.2, -0.15) is 0 Å². The van der Waals surface area contributed by atoms with Crippen LogP contribution in [0.1, 0.15) is 6.92 Å². The summed E-state index contributed by atoms with van der Waals surface area (Å²) in [5.41, 5.74) is 2.94. The lowest BCUT2D eigenvalue weighted by Gasteiger charge is -2.26. The Hall–Kier alpha value is -0.640. The van der Waals surface area contributed by atoms with Crippen molar-refractivity contribution in [1.82, 2.24) is 10.2 Å². The van der Waals surface area contributed by atoms with Crippen molar-refractivity contribution in [3.05, 3.63) is 23.8 Å². The van der Waals surface area contributed by atoms with Gasteiger partial charge in [-0.3, -0.25) is 4.90 Å². The molecule has 0 aromatic rings. The highest BCUT2D eigenvalue weighted by molar-refractivity contribution is 5.22. The fourth-order valence-electron chi connectivity index (χ4n) is 1.56. The number of aliphatic hydroxyl groups is 1. The van der Waals surface area contributed by atoms with Crippen LogP contribution in [0.4, 0.5) is 0 Å². The number of rotatable bonds is 6. The summed E-state index contributed by atoms with van der Waals surface area (Å²) in [6, 6.07) is 0. The summed E-state index contributed by atoms with van der Waals surface area (Å²) in [6.07, 6.45) is 1.88. The molecule has 0 aromatic heterocycles. The summed E-state index contributed by atoms with van der Waals surface area (Å²) in [5.74, 6) is 0. The molecule has 0 atom stereocenters. The van der Waals surface area contributed by atoms with E-state index in [2.05, 4.69) is 23.7 Å². The van der Waals surface area contributed by atoms with Crippen LogP contribution in [-0.2, 0) is 0 Å². The molecule has 3 heteroatoms. The van der Waals surface area contributed by atoms with Gasteiger partial charge in [0.25, 0.3) is 0 Å². The molecule has 0 spiro atoms. The van der Waals surface area contributed by atoms with Crippen molar-refractivity contribution in [1.29, 1.82) is 0 Å². The third-order valence-corrected chi connectivity index (χ3v) is 2.54. The number of hydrogen-bond donors (Lipinski definition) is 2. The predicted octanol–water partition coefficient (Wildman–Crippen LogP) is 0.386. The van der Waals surface area contributed by atoms with Gasteiger partial charge in [-0.05, 0) is 12.5 Å². The number of hydrogen-bond acceptors (Lipinski definition) is 3. The Labute approximate surface area is 86.1 Å². The average Bonchev–Trinajstić information content (AvgIpc) is 2.01. The summed E-state index contributed by atoms with van der Waals surface area (Å²) in [5, 5.41) is 12.1. The Morgan fingerprint density at radius 2 is 2.36 bits per heavy atom. The Morgan fingerprint density at radius 1 is 1.64 bits per heavy atom. The fourth-order valence-corrected chi connectivity index (χ4v) is 1.56. The lowest BCUT2D eigenvalue weighted by Crippen LogP contribution is -2.37. The van der Waals surface area contributed by atoms with Crippen molar-refractivity contribution in [2.75, 3.05) is 39.3 Å². The van der Waals surface area contributed by atoms with Gasteiger partial charge in [0.2, 0.25) is 0 Å². The zero-order chi connectivity index (χ0) is 10.4. The van der Waals surface area contributed by atoms with E-state index in [0.29, 0.717) is 0 Å². The van der Waals surface area contributed by atoms with E-state index in [-0.39, 0.29) is 6.61 Å². The van der Waals surface area contributed by atoms with Crippen LogP contribution in [0.25, 0.3) is 0 Å². The van der Waals surface area contributed by atoms with Crippen molar-refractivity contribution in [2.45, 2.75) is 6.92 Å². The normalized spacial score (nSPS) is 15.5. The standard InChI is InChI=1S/C11H20N2O/c1-3-4-13(5-6-14)9-10(2)11-7-12-8-11/h3,12,14H,1,4-9H2,2H3. The van der Waals surface area contributed by atoms with Gasteiger partial charge in [0.05, 0.1) is 6.61 Å². The molecule has 0 saturated carbocycles. The van der Waals surface area contributed by atoms with Crippen LogP contribution >= 0.6 is 0 Å². The third-order valence-electron chi connectivity index (χ3n) is 2.54. The maximum Gasteiger partial charge on any atom is 0.0558 e. The van der Waals surface area contributed by atoms with Gasteiger partial charge >= 0.3 is 0 Å². The van der Waals surface area contributed by atoms with Gasteiger partial charge in [0.15, 0.2) is 0 Å². The third kappa shape index (κ3) is 3.25. The molecule has 14 heavy (non-hydrogen) atoms. The monoisotopic (exact) mass is 196 g/mol. The van der Waals surface area contributed by atoms with Crippen molar-refractivity contribution in [3.63, 3.8) is 0 Å². The second-order valence-corrected chi connectivity index (χ2v) is 3.73. The van der Waals surface area contributed by atoms with E-state index in [4.69, 9.17) is 5.11 Å². The van der Waals surface area contributed by atoms with Gasteiger partial charge in [0, 0.05) is 32.7 Å². The summed E-state index contributed by atoms with van der Waals surface area (Å²) in [4.78, 5) is 2.20. The van der Waals surface area contributed by atoms with Gasteiger partial charge in [-0.1, -0.05) is 11.6 Å². The summed E-state index contributed by atoms with van der Waals surface area (Å²) in [6.45, 7) is 10.7. The number of nitrogens with zero attached hydrogens (tertiary/aromatic N) is 1. The van der Waals surface area contributed by atoms with E-state index in [1.54, 1.807) is 0 Å². The molecule has 0 radical (unpaired) electrons. The summed E-state index contributed by atoms with van der Waals surface area (Å²) in [7, 11) is 0. The lowest BCUT2D eigenvalue weighted by molar-refractivity contribution is 0.217. The fraction of sp³-hybridized carbons (Fsp3) is 0.636. The van der Waals surface area contributed by atoms with Crippen molar-refractivity contribution >= 4 is 0 Å². The second kappa shape index (κ2) is 5.96. The first-order valence-electron chi connectivity index (χ1n) is 5.10. The van der Waals surface area contributed by atoms with E-state index >= 15 is 0 Å². The lowest BCUT2D eigenvalue weighted by atomic mass is 10.0. The van der Waals surface area contributed by atoms with Gasteiger partial charge in [0.1, 0.15) is 0 Å². The van der Waals surface area contributed by atoms with E-state index in [0.717, 1.165) is 32.7 Å². The Balaban J connectivity index is 2.40. The van der Waals surface area contributed by atoms with Crippen molar-refractivity contribution in [3.8, 4) is 0 Å². The molecule has 0 aromatic carbocycles. The molecule has 1 heterocycles. The predicted molar refractivity (Wildman–Crippen MR) is 59.3 cm³/mol. The molecular weight excluding hydrogens is 176 g/mol. The summed E-state index contributed by atoms with van der Waals surface area (Å²) < 4.78 is 0. The molecule has 1 saturated heterocycles. The highest BCUT2D eigenvalue weighted by Gasteiger charge is 2.12. The summed E-state index contributed by atoms with van der Waals surface area (Å²) >= 11 is 0. The van der Waals surface area contributed by atoms with E-state index in [9.17, 15) is 0 Å². The van der Waals surface area contributed by atoms with Crippen LogP contribution in [0.3, 0.4) is 0 Å². The topological polar surface area (TPSA) is 35.5 Å². The second-order valence-electron chi connectivity index (χ2n) is 3.73. The van der Waals surface area contributed by atoms with Crippen LogP contribution in [0.2, 0.25) is 0 Å². The zero-order valence-corrected chi connectivity index (χ0v) is 8.92. The number of nitrogens with one attached hydrogen (secondary N) is 1. The molecule has 3 nitrogen and oxygen atoms in total. The van der Waals surface area contributed by atoms with E-state index in [1.807, 2.05) is 6.08 Å². The highest BCUT2D eigenvalue weighted by Crippen LogP contribution is 2.10. The van der Waals surface area contributed by atoms with Crippen LogP contribution < -0.4 is 5.32 Å². The maximum absolute atomic E-state index is 8.88. The molecule has 1 rings (SSSR count).